The number of primary sulfonamides is 1. The lowest BCUT2D eigenvalue weighted by molar-refractivity contribution is -0.110. The van der Waals surface area contributed by atoms with Crippen LogP contribution in [0.3, 0.4) is 0 Å². The molecule has 2 aromatic rings. The zero-order chi connectivity index (χ0) is 16.6. The van der Waals surface area contributed by atoms with Gasteiger partial charge in [0.15, 0.2) is 0 Å². The second-order valence-corrected chi connectivity index (χ2v) is 6.60. The summed E-state index contributed by atoms with van der Waals surface area (Å²) in [7, 11) is -2.28. The Balaban J connectivity index is 2.12. The summed E-state index contributed by atoms with van der Waals surface area (Å²) in [6.07, 6.45) is 1.68. The summed E-state index contributed by atoms with van der Waals surface area (Å²) in [6.45, 7) is 0. The maximum atomic E-state index is 12.2. The standard InChI is InChI=1S/C16H14N2O4S/c1-22-11-4-2-3-10(7-11)8-14-13-9-12(23(17,20)21)5-6-15(13)18-16(14)19/h2-9H,1H3,(H,18,19)(H2,17,20,21). The van der Waals surface area contributed by atoms with Crippen LogP contribution < -0.4 is 15.2 Å². The maximum Gasteiger partial charge on any atom is 0.256 e. The van der Waals surface area contributed by atoms with Gasteiger partial charge in [-0.2, -0.15) is 0 Å². The average molecular weight is 330 g/mol. The third-order valence-electron chi connectivity index (χ3n) is 3.51. The number of fused-ring (bicyclic) bond motifs is 1. The monoisotopic (exact) mass is 330 g/mol. The van der Waals surface area contributed by atoms with Gasteiger partial charge in [0.25, 0.3) is 5.91 Å². The third kappa shape index (κ3) is 2.96. The van der Waals surface area contributed by atoms with Gasteiger partial charge in [-0.1, -0.05) is 12.1 Å². The number of nitrogens with two attached hydrogens (primary N) is 1. The number of carbonyl (C=O) groups is 1. The molecule has 118 valence electrons. The number of ether oxygens (including phenoxy) is 1. The molecule has 0 aromatic heterocycles. The van der Waals surface area contributed by atoms with Crippen molar-refractivity contribution in [1.29, 1.82) is 0 Å². The van der Waals surface area contributed by atoms with Crippen LogP contribution in [0.1, 0.15) is 11.1 Å². The molecule has 0 unspecified atom stereocenters. The van der Waals surface area contributed by atoms with Gasteiger partial charge in [-0.15, -0.1) is 0 Å². The molecule has 3 N–H and O–H groups in total. The lowest BCUT2D eigenvalue weighted by Gasteiger charge is -2.03. The van der Waals surface area contributed by atoms with Crippen molar-refractivity contribution < 1.29 is 17.9 Å². The fourth-order valence-electron chi connectivity index (χ4n) is 2.39. The molecule has 6 nitrogen and oxygen atoms in total. The van der Waals surface area contributed by atoms with Crippen LogP contribution in [-0.2, 0) is 14.8 Å². The predicted octanol–water partition coefficient (Wildman–Crippen LogP) is 1.84. The molecule has 1 aliphatic heterocycles. The number of rotatable bonds is 3. The summed E-state index contributed by atoms with van der Waals surface area (Å²) in [5.41, 5.74) is 2.20. The predicted molar refractivity (Wildman–Crippen MR) is 87.3 cm³/mol. The molecule has 3 rings (SSSR count). The number of amides is 1. The van der Waals surface area contributed by atoms with Crippen molar-refractivity contribution in [3.8, 4) is 5.75 Å². The largest absolute Gasteiger partial charge is 0.497 e. The quantitative estimate of drug-likeness (QED) is 0.839. The van der Waals surface area contributed by atoms with Gasteiger partial charge in [-0.3, -0.25) is 4.79 Å². The Morgan fingerprint density at radius 1 is 1.17 bits per heavy atom. The van der Waals surface area contributed by atoms with E-state index >= 15 is 0 Å². The molecule has 1 amide bonds. The molecule has 1 heterocycles. The van der Waals surface area contributed by atoms with Crippen LogP contribution >= 0.6 is 0 Å². The van der Waals surface area contributed by atoms with Crippen LogP contribution in [-0.4, -0.2) is 21.4 Å². The minimum atomic E-state index is -3.84. The van der Waals surface area contributed by atoms with Gasteiger partial charge in [-0.25, -0.2) is 13.6 Å². The van der Waals surface area contributed by atoms with E-state index in [1.54, 1.807) is 31.4 Å². The summed E-state index contributed by atoms with van der Waals surface area (Å²) >= 11 is 0. The number of benzene rings is 2. The summed E-state index contributed by atoms with van der Waals surface area (Å²) < 4.78 is 28.2. The molecule has 0 aliphatic carbocycles. The topological polar surface area (TPSA) is 98.5 Å². The van der Waals surface area contributed by atoms with Crippen molar-refractivity contribution >= 4 is 33.3 Å². The van der Waals surface area contributed by atoms with Crippen molar-refractivity contribution in [3.05, 3.63) is 53.6 Å². The normalized spacial score (nSPS) is 15.4. The van der Waals surface area contributed by atoms with Gasteiger partial charge < -0.3 is 10.1 Å². The number of nitrogens with one attached hydrogen (secondary N) is 1. The fraction of sp³-hybridized carbons (Fsp3) is 0.0625. The highest BCUT2D eigenvalue weighted by molar-refractivity contribution is 7.89. The number of hydrogen-bond acceptors (Lipinski definition) is 4. The van der Waals surface area contributed by atoms with E-state index in [-0.39, 0.29) is 10.8 Å². The average Bonchev–Trinajstić information content (AvgIpc) is 2.82. The summed E-state index contributed by atoms with van der Waals surface area (Å²) in [5.74, 6) is 0.366. The number of anilines is 1. The highest BCUT2D eigenvalue weighted by Crippen LogP contribution is 2.34. The molecule has 0 saturated heterocycles. The van der Waals surface area contributed by atoms with E-state index in [4.69, 9.17) is 9.88 Å². The van der Waals surface area contributed by atoms with E-state index in [0.717, 1.165) is 5.56 Å². The van der Waals surface area contributed by atoms with Crippen LogP contribution in [0, 0.1) is 0 Å². The Labute approximate surface area is 133 Å². The number of hydrogen-bond donors (Lipinski definition) is 2. The molecule has 0 saturated carbocycles. The van der Waals surface area contributed by atoms with Crippen LogP contribution in [0.25, 0.3) is 11.6 Å². The van der Waals surface area contributed by atoms with Crippen LogP contribution in [0.15, 0.2) is 47.4 Å². The van der Waals surface area contributed by atoms with Gasteiger partial charge in [0, 0.05) is 16.8 Å². The summed E-state index contributed by atoms with van der Waals surface area (Å²) in [4.78, 5) is 12.1. The minimum Gasteiger partial charge on any atom is -0.497 e. The molecule has 1 aliphatic rings. The van der Waals surface area contributed by atoms with E-state index < -0.39 is 10.0 Å². The van der Waals surface area contributed by atoms with E-state index in [1.165, 1.54) is 18.2 Å². The van der Waals surface area contributed by atoms with Crippen molar-refractivity contribution in [2.75, 3.05) is 12.4 Å². The second-order valence-electron chi connectivity index (χ2n) is 5.04. The molecule has 0 atom stereocenters. The number of sulfonamides is 1. The van der Waals surface area contributed by atoms with Gasteiger partial charge in [0.05, 0.1) is 12.0 Å². The van der Waals surface area contributed by atoms with E-state index in [0.29, 0.717) is 22.6 Å². The molecule has 0 fully saturated rings. The van der Waals surface area contributed by atoms with Crippen molar-refractivity contribution in [2.24, 2.45) is 5.14 Å². The first-order chi connectivity index (χ1) is 10.9. The molecular formula is C16H14N2O4S. The van der Waals surface area contributed by atoms with Crippen molar-refractivity contribution in [3.63, 3.8) is 0 Å². The SMILES string of the molecule is COc1cccc(C=C2C(=O)Nc3ccc(S(N)(=O)=O)cc32)c1. The molecular weight excluding hydrogens is 316 g/mol. The van der Waals surface area contributed by atoms with Gasteiger partial charge in [-0.05, 0) is 42.0 Å². The van der Waals surface area contributed by atoms with Gasteiger partial charge in [0.2, 0.25) is 10.0 Å². The fourth-order valence-corrected chi connectivity index (χ4v) is 2.93. The molecule has 0 bridgehead atoms. The smallest absolute Gasteiger partial charge is 0.256 e. The lowest BCUT2D eigenvalue weighted by atomic mass is 10.0. The highest BCUT2D eigenvalue weighted by Gasteiger charge is 2.25. The molecule has 2 aromatic carbocycles. The van der Waals surface area contributed by atoms with Gasteiger partial charge >= 0.3 is 0 Å². The van der Waals surface area contributed by atoms with Crippen LogP contribution in [0.4, 0.5) is 5.69 Å². The summed E-state index contributed by atoms with van der Waals surface area (Å²) in [6, 6.07) is 11.5. The first kappa shape index (κ1) is 15.3. The second kappa shape index (κ2) is 5.53. The third-order valence-corrected chi connectivity index (χ3v) is 4.42. The first-order valence-corrected chi connectivity index (χ1v) is 8.27. The number of methoxy groups -OCH3 is 1. The van der Waals surface area contributed by atoms with Gasteiger partial charge in [0.1, 0.15) is 5.75 Å². The number of carbonyl (C=O) groups excluding carboxylic acids is 1. The Hall–Kier alpha value is -2.64. The van der Waals surface area contributed by atoms with E-state index in [2.05, 4.69) is 5.32 Å². The summed E-state index contributed by atoms with van der Waals surface area (Å²) in [5, 5.41) is 7.85. The Morgan fingerprint density at radius 3 is 2.65 bits per heavy atom. The van der Waals surface area contributed by atoms with E-state index in [1.807, 2.05) is 6.07 Å². The Bertz CT molecular complexity index is 933. The maximum absolute atomic E-state index is 12.2. The van der Waals surface area contributed by atoms with E-state index in [9.17, 15) is 13.2 Å². The van der Waals surface area contributed by atoms with Crippen molar-refractivity contribution in [1.82, 2.24) is 0 Å². The molecule has 0 radical (unpaired) electrons. The van der Waals surface area contributed by atoms with Crippen molar-refractivity contribution in [2.45, 2.75) is 4.90 Å². The molecule has 7 heteroatoms. The van der Waals surface area contributed by atoms with Crippen LogP contribution in [0.5, 0.6) is 5.75 Å². The zero-order valence-electron chi connectivity index (χ0n) is 12.2. The zero-order valence-corrected chi connectivity index (χ0v) is 13.1. The lowest BCUT2D eigenvalue weighted by Crippen LogP contribution is -2.12. The molecule has 0 spiro atoms. The minimum absolute atomic E-state index is 0.0377. The molecule has 23 heavy (non-hydrogen) atoms. The first-order valence-electron chi connectivity index (χ1n) is 6.73. The highest BCUT2D eigenvalue weighted by atomic mass is 32.2. The Kier molecular flexibility index (Phi) is 3.67. The van der Waals surface area contributed by atoms with Crippen LogP contribution in [0.2, 0.25) is 0 Å². The Morgan fingerprint density at radius 2 is 1.96 bits per heavy atom.